The van der Waals surface area contributed by atoms with Gasteiger partial charge in [-0.1, -0.05) is 18.2 Å². The first-order chi connectivity index (χ1) is 13.1. The number of urea groups is 1. The highest BCUT2D eigenvalue weighted by atomic mass is 16.2. The fourth-order valence-electron chi connectivity index (χ4n) is 3.57. The standard InChI is InChI=1S/C20H26N6O/c1-23(2)12-13-25-11-8-19(22-25)21-20(27)24-9-5-10-26-17(15-24)14-16-6-3-4-7-18(16)26/h3-4,6-8,11,14H,5,9-10,12-13,15H2,1-2H3,(H,21,22,27). The summed E-state index contributed by atoms with van der Waals surface area (Å²) >= 11 is 0. The van der Waals surface area contributed by atoms with Gasteiger partial charge in [0.05, 0.1) is 13.1 Å². The molecule has 0 saturated heterocycles. The van der Waals surface area contributed by atoms with Crippen molar-refractivity contribution in [3.8, 4) is 0 Å². The molecule has 0 saturated carbocycles. The van der Waals surface area contributed by atoms with E-state index in [1.807, 2.05) is 35.9 Å². The molecule has 2 aromatic heterocycles. The van der Waals surface area contributed by atoms with Crippen molar-refractivity contribution >= 4 is 22.8 Å². The van der Waals surface area contributed by atoms with Crippen molar-refractivity contribution in [1.29, 1.82) is 0 Å². The number of likely N-dealkylation sites (N-methyl/N-ethyl adjacent to an activating group) is 1. The SMILES string of the molecule is CN(C)CCn1ccc(NC(=O)N2CCCn3c(cc4ccccc43)C2)n1. The minimum atomic E-state index is -0.0911. The number of para-hydroxylation sites is 1. The van der Waals surface area contributed by atoms with E-state index in [1.165, 1.54) is 16.6 Å². The maximum atomic E-state index is 12.8. The quantitative estimate of drug-likeness (QED) is 0.772. The number of hydrogen-bond donors (Lipinski definition) is 1. The van der Waals surface area contributed by atoms with Gasteiger partial charge in [0, 0.05) is 43.1 Å². The highest BCUT2D eigenvalue weighted by Gasteiger charge is 2.21. The molecule has 0 spiro atoms. The van der Waals surface area contributed by atoms with Crippen LogP contribution in [0.25, 0.3) is 10.9 Å². The van der Waals surface area contributed by atoms with E-state index in [-0.39, 0.29) is 6.03 Å². The van der Waals surface area contributed by atoms with Crippen molar-refractivity contribution in [2.75, 3.05) is 32.5 Å². The van der Waals surface area contributed by atoms with Gasteiger partial charge in [0.25, 0.3) is 0 Å². The number of anilines is 1. The van der Waals surface area contributed by atoms with Gasteiger partial charge in [-0.3, -0.25) is 10.00 Å². The van der Waals surface area contributed by atoms with Crippen LogP contribution in [-0.4, -0.2) is 57.4 Å². The van der Waals surface area contributed by atoms with Crippen molar-refractivity contribution in [1.82, 2.24) is 24.1 Å². The molecule has 2 amide bonds. The van der Waals surface area contributed by atoms with Crippen LogP contribution >= 0.6 is 0 Å². The van der Waals surface area contributed by atoms with E-state index in [9.17, 15) is 4.79 Å². The number of benzene rings is 1. The molecular formula is C20H26N6O. The molecule has 4 rings (SSSR count). The third-order valence-electron chi connectivity index (χ3n) is 5.00. The van der Waals surface area contributed by atoms with Gasteiger partial charge in [-0.05, 0) is 38.0 Å². The van der Waals surface area contributed by atoms with E-state index < -0.39 is 0 Å². The minimum Gasteiger partial charge on any atom is -0.343 e. The van der Waals surface area contributed by atoms with Gasteiger partial charge in [0.15, 0.2) is 5.82 Å². The number of nitrogens with zero attached hydrogens (tertiary/aromatic N) is 5. The van der Waals surface area contributed by atoms with E-state index in [4.69, 9.17) is 0 Å². The summed E-state index contributed by atoms with van der Waals surface area (Å²) in [5.74, 6) is 0.601. The largest absolute Gasteiger partial charge is 0.343 e. The first-order valence-electron chi connectivity index (χ1n) is 9.41. The Morgan fingerprint density at radius 1 is 1.22 bits per heavy atom. The molecule has 0 radical (unpaired) electrons. The maximum Gasteiger partial charge on any atom is 0.323 e. The maximum absolute atomic E-state index is 12.8. The first-order valence-corrected chi connectivity index (χ1v) is 9.41. The molecule has 1 aromatic carbocycles. The van der Waals surface area contributed by atoms with Crippen LogP contribution in [0.1, 0.15) is 12.1 Å². The van der Waals surface area contributed by atoms with Crippen LogP contribution in [0.15, 0.2) is 42.6 Å². The number of aromatic nitrogens is 3. The van der Waals surface area contributed by atoms with Crippen molar-refractivity contribution in [3.05, 3.63) is 48.3 Å². The Balaban J connectivity index is 1.44. The molecule has 0 aliphatic carbocycles. The summed E-state index contributed by atoms with van der Waals surface area (Å²) in [6, 6.07) is 12.3. The average molecular weight is 366 g/mol. The summed E-state index contributed by atoms with van der Waals surface area (Å²) in [5.41, 5.74) is 2.43. The lowest BCUT2D eigenvalue weighted by Gasteiger charge is -2.20. The van der Waals surface area contributed by atoms with Gasteiger partial charge in [0.2, 0.25) is 0 Å². The first kappa shape index (κ1) is 17.6. The number of carbonyl (C=O) groups is 1. The van der Waals surface area contributed by atoms with Gasteiger partial charge in [-0.25, -0.2) is 4.79 Å². The third kappa shape index (κ3) is 3.83. The number of aryl methyl sites for hydroxylation is 1. The third-order valence-corrected chi connectivity index (χ3v) is 5.00. The van der Waals surface area contributed by atoms with Crippen molar-refractivity contribution in [2.24, 2.45) is 0 Å². The van der Waals surface area contributed by atoms with Crippen molar-refractivity contribution in [3.63, 3.8) is 0 Å². The van der Waals surface area contributed by atoms with Gasteiger partial charge in [-0.15, -0.1) is 0 Å². The Hall–Kier alpha value is -2.80. The predicted octanol–water partition coefficient (Wildman–Crippen LogP) is 2.84. The van der Waals surface area contributed by atoms with E-state index in [1.54, 1.807) is 0 Å². The molecule has 3 heterocycles. The summed E-state index contributed by atoms with van der Waals surface area (Å²) in [6.45, 7) is 4.00. The Kier molecular flexibility index (Phi) is 4.85. The summed E-state index contributed by atoms with van der Waals surface area (Å²) in [7, 11) is 4.07. The lowest BCUT2D eigenvalue weighted by atomic mass is 10.2. The highest BCUT2D eigenvalue weighted by molar-refractivity contribution is 5.88. The molecule has 0 unspecified atom stereocenters. The van der Waals surface area contributed by atoms with E-state index >= 15 is 0 Å². The van der Waals surface area contributed by atoms with Crippen molar-refractivity contribution in [2.45, 2.75) is 26.1 Å². The number of amides is 2. The normalized spacial score (nSPS) is 14.4. The molecule has 7 nitrogen and oxygen atoms in total. The molecule has 0 bridgehead atoms. The molecule has 142 valence electrons. The minimum absolute atomic E-state index is 0.0911. The number of rotatable bonds is 4. The van der Waals surface area contributed by atoms with Crippen LogP contribution in [0.4, 0.5) is 10.6 Å². The molecule has 0 fully saturated rings. The molecule has 1 aliphatic heterocycles. The summed E-state index contributed by atoms with van der Waals surface area (Å²) in [4.78, 5) is 16.7. The highest BCUT2D eigenvalue weighted by Crippen LogP contribution is 2.24. The smallest absolute Gasteiger partial charge is 0.323 e. The van der Waals surface area contributed by atoms with Crippen LogP contribution in [-0.2, 0) is 19.6 Å². The summed E-state index contributed by atoms with van der Waals surface area (Å²) in [5, 5.41) is 8.62. The van der Waals surface area contributed by atoms with E-state index in [0.717, 1.165) is 32.6 Å². The second-order valence-corrected chi connectivity index (χ2v) is 7.32. The fraction of sp³-hybridized carbons (Fsp3) is 0.400. The van der Waals surface area contributed by atoms with Gasteiger partial charge >= 0.3 is 6.03 Å². The second kappa shape index (κ2) is 7.44. The topological polar surface area (TPSA) is 58.3 Å². The Labute approximate surface area is 159 Å². The number of fused-ring (bicyclic) bond motifs is 3. The number of carbonyl (C=O) groups excluding carboxylic acids is 1. The summed E-state index contributed by atoms with van der Waals surface area (Å²) < 4.78 is 4.19. The lowest BCUT2D eigenvalue weighted by molar-refractivity contribution is 0.210. The van der Waals surface area contributed by atoms with E-state index in [2.05, 4.69) is 50.2 Å². The second-order valence-electron chi connectivity index (χ2n) is 7.32. The van der Waals surface area contributed by atoms with Gasteiger partial charge < -0.3 is 14.4 Å². The number of nitrogens with one attached hydrogen (secondary N) is 1. The zero-order chi connectivity index (χ0) is 18.8. The molecular weight excluding hydrogens is 340 g/mol. The zero-order valence-corrected chi connectivity index (χ0v) is 15.9. The van der Waals surface area contributed by atoms with Crippen molar-refractivity contribution < 1.29 is 4.79 Å². The monoisotopic (exact) mass is 366 g/mol. The molecule has 27 heavy (non-hydrogen) atoms. The van der Waals surface area contributed by atoms with Crippen LogP contribution < -0.4 is 5.32 Å². The molecule has 3 aromatic rings. The Morgan fingerprint density at radius 3 is 2.93 bits per heavy atom. The fourth-order valence-corrected chi connectivity index (χ4v) is 3.57. The molecule has 7 heteroatoms. The number of hydrogen-bond acceptors (Lipinski definition) is 3. The van der Waals surface area contributed by atoms with E-state index in [0.29, 0.717) is 12.4 Å². The van der Waals surface area contributed by atoms with Gasteiger partial charge in [-0.2, -0.15) is 5.10 Å². The van der Waals surface area contributed by atoms with Crippen LogP contribution in [0, 0.1) is 0 Å². The van der Waals surface area contributed by atoms with Crippen LogP contribution in [0.5, 0.6) is 0 Å². The average Bonchev–Trinajstić information content (AvgIpc) is 3.17. The molecule has 1 N–H and O–H groups in total. The molecule has 0 atom stereocenters. The van der Waals surface area contributed by atoms with Gasteiger partial charge in [0.1, 0.15) is 0 Å². The molecule has 1 aliphatic rings. The Morgan fingerprint density at radius 2 is 2.07 bits per heavy atom. The summed E-state index contributed by atoms with van der Waals surface area (Å²) in [6.07, 6.45) is 2.84. The van der Waals surface area contributed by atoms with Crippen LogP contribution in [0.3, 0.4) is 0 Å². The lowest BCUT2D eigenvalue weighted by Crippen LogP contribution is -2.34. The zero-order valence-electron chi connectivity index (χ0n) is 15.9. The predicted molar refractivity (Wildman–Crippen MR) is 107 cm³/mol. The van der Waals surface area contributed by atoms with Crippen LogP contribution in [0.2, 0.25) is 0 Å². The Bertz CT molecular complexity index is 941.